The number of carbonyl (C=O) groups excluding carboxylic acids is 1. The fourth-order valence-electron chi connectivity index (χ4n) is 2.56. The van der Waals surface area contributed by atoms with Crippen molar-refractivity contribution in [3.05, 3.63) is 24.3 Å². The number of hydrogen-bond acceptors (Lipinski definition) is 3. The number of amides is 1. The number of carbonyl (C=O) groups is 1. The Morgan fingerprint density at radius 3 is 2.55 bits per heavy atom. The molecule has 0 aromatic heterocycles. The predicted octanol–water partition coefficient (Wildman–Crippen LogP) is 2.59. The maximum atomic E-state index is 11.7. The van der Waals surface area contributed by atoms with E-state index in [1.54, 1.807) is 24.3 Å². The second-order valence-electron chi connectivity index (χ2n) is 5.79. The zero-order valence-electron chi connectivity index (χ0n) is 12.1. The van der Waals surface area contributed by atoms with Gasteiger partial charge >= 0.3 is 0 Å². The molecule has 4 heteroatoms. The van der Waals surface area contributed by atoms with Gasteiger partial charge in [0.05, 0.1) is 0 Å². The number of anilines is 1. The summed E-state index contributed by atoms with van der Waals surface area (Å²) in [7, 11) is 0. The highest BCUT2D eigenvalue weighted by Gasteiger charge is 2.18. The van der Waals surface area contributed by atoms with Gasteiger partial charge in [-0.05, 0) is 48.9 Å². The highest BCUT2D eigenvalue weighted by atomic mass is 16.5. The fraction of sp³-hybridized carbons (Fsp3) is 0.562. The summed E-state index contributed by atoms with van der Waals surface area (Å²) in [4.78, 5) is 11.7. The van der Waals surface area contributed by atoms with Crippen LogP contribution in [0.3, 0.4) is 0 Å². The van der Waals surface area contributed by atoms with Crippen LogP contribution in [0.15, 0.2) is 24.3 Å². The van der Waals surface area contributed by atoms with Crippen LogP contribution >= 0.6 is 0 Å². The standard InChI is InChI=1S/C16H24N2O2/c1-12-2-4-13(5-3-12)10-18-16(19)11-20-15-8-6-14(17)7-9-15/h6-9,12-13H,2-5,10-11,17H2,1H3,(H,18,19). The van der Waals surface area contributed by atoms with Gasteiger partial charge < -0.3 is 15.8 Å². The van der Waals surface area contributed by atoms with Crippen molar-refractivity contribution in [2.45, 2.75) is 32.6 Å². The van der Waals surface area contributed by atoms with Crippen LogP contribution in [0.5, 0.6) is 5.75 Å². The Morgan fingerprint density at radius 2 is 1.90 bits per heavy atom. The Labute approximate surface area is 120 Å². The Morgan fingerprint density at radius 1 is 1.25 bits per heavy atom. The molecule has 0 radical (unpaired) electrons. The molecule has 0 atom stereocenters. The number of nitrogens with two attached hydrogens (primary N) is 1. The first-order valence-electron chi connectivity index (χ1n) is 7.38. The highest BCUT2D eigenvalue weighted by Crippen LogP contribution is 2.27. The summed E-state index contributed by atoms with van der Waals surface area (Å²) in [5, 5.41) is 2.96. The van der Waals surface area contributed by atoms with E-state index in [1.807, 2.05) is 0 Å². The number of ether oxygens (including phenoxy) is 1. The summed E-state index contributed by atoms with van der Waals surface area (Å²) in [6.45, 7) is 3.14. The fourth-order valence-corrected chi connectivity index (χ4v) is 2.56. The number of nitrogen functional groups attached to an aromatic ring is 1. The average molecular weight is 276 g/mol. The largest absolute Gasteiger partial charge is 0.484 e. The molecular formula is C16H24N2O2. The van der Waals surface area contributed by atoms with E-state index in [4.69, 9.17) is 10.5 Å². The first kappa shape index (κ1) is 14.7. The summed E-state index contributed by atoms with van der Waals surface area (Å²) in [5.41, 5.74) is 6.28. The lowest BCUT2D eigenvalue weighted by Gasteiger charge is -2.26. The summed E-state index contributed by atoms with van der Waals surface area (Å²) in [6.07, 6.45) is 5.01. The molecule has 1 aliphatic carbocycles. The third-order valence-corrected chi connectivity index (χ3v) is 3.97. The number of rotatable bonds is 5. The average Bonchev–Trinajstić information content (AvgIpc) is 2.46. The predicted molar refractivity (Wildman–Crippen MR) is 80.5 cm³/mol. The maximum absolute atomic E-state index is 11.7. The minimum absolute atomic E-state index is 0.0551. The van der Waals surface area contributed by atoms with Crippen molar-refractivity contribution in [1.82, 2.24) is 5.32 Å². The smallest absolute Gasteiger partial charge is 0.257 e. The molecule has 0 bridgehead atoms. The topological polar surface area (TPSA) is 64.3 Å². The number of nitrogens with one attached hydrogen (secondary N) is 1. The van der Waals surface area contributed by atoms with E-state index in [1.165, 1.54) is 25.7 Å². The van der Waals surface area contributed by atoms with Crippen molar-refractivity contribution < 1.29 is 9.53 Å². The summed E-state index contributed by atoms with van der Waals surface area (Å²) >= 11 is 0. The molecule has 1 aromatic carbocycles. The van der Waals surface area contributed by atoms with Crippen LogP contribution < -0.4 is 15.8 Å². The van der Waals surface area contributed by atoms with Crippen LogP contribution in [0.25, 0.3) is 0 Å². The number of benzene rings is 1. The van der Waals surface area contributed by atoms with E-state index < -0.39 is 0 Å². The molecule has 1 aromatic rings. The molecular weight excluding hydrogens is 252 g/mol. The van der Waals surface area contributed by atoms with Gasteiger partial charge in [-0.1, -0.05) is 19.8 Å². The second-order valence-corrected chi connectivity index (χ2v) is 5.79. The van der Waals surface area contributed by atoms with Crippen molar-refractivity contribution >= 4 is 11.6 Å². The van der Waals surface area contributed by atoms with E-state index in [0.29, 0.717) is 17.4 Å². The van der Waals surface area contributed by atoms with Crippen molar-refractivity contribution in [2.24, 2.45) is 11.8 Å². The molecule has 20 heavy (non-hydrogen) atoms. The lowest BCUT2D eigenvalue weighted by Crippen LogP contribution is -2.34. The first-order valence-corrected chi connectivity index (χ1v) is 7.38. The van der Waals surface area contributed by atoms with Gasteiger partial charge in [-0.3, -0.25) is 4.79 Å². The van der Waals surface area contributed by atoms with Crippen molar-refractivity contribution in [3.63, 3.8) is 0 Å². The van der Waals surface area contributed by atoms with Gasteiger partial charge in [0.2, 0.25) is 0 Å². The molecule has 0 saturated heterocycles. The van der Waals surface area contributed by atoms with Gasteiger partial charge in [-0.2, -0.15) is 0 Å². The van der Waals surface area contributed by atoms with E-state index in [9.17, 15) is 4.79 Å². The molecule has 1 fully saturated rings. The van der Waals surface area contributed by atoms with Crippen molar-refractivity contribution in [3.8, 4) is 5.75 Å². The molecule has 4 nitrogen and oxygen atoms in total. The summed E-state index contributed by atoms with van der Waals surface area (Å²) in [6, 6.07) is 7.06. The molecule has 110 valence electrons. The lowest BCUT2D eigenvalue weighted by molar-refractivity contribution is -0.123. The monoisotopic (exact) mass is 276 g/mol. The third-order valence-electron chi connectivity index (χ3n) is 3.97. The van der Waals surface area contributed by atoms with Crippen molar-refractivity contribution in [1.29, 1.82) is 0 Å². The maximum Gasteiger partial charge on any atom is 0.257 e. The van der Waals surface area contributed by atoms with Crippen molar-refractivity contribution in [2.75, 3.05) is 18.9 Å². The molecule has 1 amide bonds. The molecule has 3 N–H and O–H groups in total. The van der Waals surface area contributed by atoms with Crippen LogP contribution in [0, 0.1) is 11.8 Å². The lowest BCUT2D eigenvalue weighted by atomic mass is 9.83. The Balaban J connectivity index is 1.64. The van der Waals surface area contributed by atoms with Gasteiger partial charge in [-0.25, -0.2) is 0 Å². The van der Waals surface area contributed by atoms with Crippen LogP contribution in [0.4, 0.5) is 5.69 Å². The zero-order chi connectivity index (χ0) is 14.4. The van der Waals surface area contributed by atoms with Gasteiger partial charge in [0.1, 0.15) is 5.75 Å². The molecule has 0 heterocycles. The Kier molecular flexibility index (Phi) is 5.27. The zero-order valence-corrected chi connectivity index (χ0v) is 12.1. The molecule has 1 aliphatic rings. The van der Waals surface area contributed by atoms with Crippen LogP contribution in [-0.2, 0) is 4.79 Å². The minimum atomic E-state index is -0.0551. The highest BCUT2D eigenvalue weighted by molar-refractivity contribution is 5.77. The normalized spacial score (nSPS) is 22.2. The van der Waals surface area contributed by atoms with E-state index in [2.05, 4.69) is 12.2 Å². The number of hydrogen-bond donors (Lipinski definition) is 2. The molecule has 0 spiro atoms. The van der Waals surface area contributed by atoms with Gasteiger partial charge in [0, 0.05) is 12.2 Å². The summed E-state index contributed by atoms with van der Waals surface area (Å²) in [5.74, 6) is 2.09. The van der Waals surface area contributed by atoms with Gasteiger partial charge in [0.25, 0.3) is 5.91 Å². The van der Waals surface area contributed by atoms with Crippen LogP contribution in [0.1, 0.15) is 32.6 Å². The second kappa shape index (κ2) is 7.17. The van der Waals surface area contributed by atoms with Crippen LogP contribution in [0.2, 0.25) is 0 Å². The molecule has 2 rings (SSSR count). The minimum Gasteiger partial charge on any atom is -0.484 e. The molecule has 1 saturated carbocycles. The van der Waals surface area contributed by atoms with Crippen LogP contribution in [-0.4, -0.2) is 19.1 Å². The SMILES string of the molecule is CC1CCC(CNC(=O)COc2ccc(N)cc2)CC1. The van der Waals surface area contributed by atoms with E-state index in [0.717, 1.165) is 12.5 Å². The Bertz CT molecular complexity index is 423. The first-order chi connectivity index (χ1) is 9.63. The Hall–Kier alpha value is -1.71. The summed E-state index contributed by atoms with van der Waals surface area (Å²) < 4.78 is 5.41. The third kappa shape index (κ3) is 4.76. The molecule has 0 unspecified atom stereocenters. The molecule has 0 aliphatic heterocycles. The van der Waals surface area contributed by atoms with Gasteiger partial charge in [-0.15, -0.1) is 0 Å². The quantitative estimate of drug-likeness (QED) is 0.812. The van der Waals surface area contributed by atoms with E-state index >= 15 is 0 Å². The van der Waals surface area contributed by atoms with E-state index in [-0.39, 0.29) is 12.5 Å². The van der Waals surface area contributed by atoms with Gasteiger partial charge in [0.15, 0.2) is 6.61 Å².